The Hall–Kier alpha value is -4.11. The number of aromatic nitrogens is 1. The molecule has 1 aromatic heterocycles. The predicted octanol–water partition coefficient (Wildman–Crippen LogP) is 5.81. The SMILES string of the molecule is CO/N=C(\c1ccccc1)c1ccc2c(c1)sc(=O)n2CCOc1ccc(OCCCC(C)(C)C(=O)O)cc1. The number of fused-ring (bicyclic) bond motifs is 1. The Morgan fingerprint density at radius 2 is 1.62 bits per heavy atom. The van der Waals surface area contributed by atoms with Crippen LogP contribution in [0.3, 0.4) is 0 Å². The molecule has 0 saturated carbocycles. The van der Waals surface area contributed by atoms with Gasteiger partial charge in [-0.2, -0.15) is 0 Å². The molecule has 9 heteroatoms. The molecule has 4 rings (SSSR count). The van der Waals surface area contributed by atoms with Gasteiger partial charge >= 0.3 is 10.8 Å². The normalized spacial score (nSPS) is 11.9. The summed E-state index contributed by atoms with van der Waals surface area (Å²) in [6.45, 7) is 4.61. The molecule has 0 fully saturated rings. The molecule has 0 aliphatic heterocycles. The van der Waals surface area contributed by atoms with Crippen LogP contribution in [0, 0.1) is 5.41 Å². The largest absolute Gasteiger partial charge is 0.494 e. The van der Waals surface area contributed by atoms with E-state index in [1.807, 2.05) is 72.8 Å². The molecule has 0 saturated heterocycles. The fourth-order valence-corrected chi connectivity index (χ4v) is 5.04. The van der Waals surface area contributed by atoms with E-state index in [1.54, 1.807) is 18.4 Å². The lowest BCUT2D eigenvalue weighted by molar-refractivity contribution is -0.147. The van der Waals surface area contributed by atoms with E-state index >= 15 is 0 Å². The summed E-state index contributed by atoms with van der Waals surface area (Å²) >= 11 is 1.19. The predicted molar refractivity (Wildman–Crippen MR) is 153 cm³/mol. The Balaban J connectivity index is 1.34. The molecule has 204 valence electrons. The van der Waals surface area contributed by atoms with Gasteiger partial charge in [0.1, 0.15) is 30.9 Å². The number of nitrogens with zero attached hydrogens (tertiary/aromatic N) is 2. The molecular weight excluding hydrogens is 516 g/mol. The molecule has 1 N–H and O–H groups in total. The third kappa shape index (κ3) is 7.06. The minimum atomic E-state index is -0.805. The maximum absolute atomic E-state index is 12.7. The van der Waals surface area contributed by atoms with Crippen molar-refractivity contribution >= 4 is 33.2 Å². The average Bonchev–Trinajstić information content (AvgIpc) is 3.25. The summed E-state index contributed by atoms with van der Waals surface area (Å²) in [4.78, 5) is 29.0. The molecular formula is C30H32N2O6S. The first-order valence-corrected chi connectivity index (χ1v) is 13.5. The van der Waals surface area contributed by atoms with Crippen LogP contribution in [-0.2, 0) is 16.2 Å². The number of carboxylic acid groups (broad SMARTS) is 1. The molecule has 1 heterocycles. The Morgan fingerprint density at radius 3 is 2.26 bits per heavy atom. The second-order valence-corrected chi connectivity index (χ2v) is 10.6. The monoisotopic (exact) mass is 548 g/mol. The fourth-order valence-electron chi connectivity index (χ4n) is 4.08. The van der Waals surface area contributed by atoms with E-state index in [4.69, 9.17) is 14.3 Å². The zero-order valence-corrected chi connectivity index (χ0v) is 23.1. The van der Waals surface area contributed by atoms with E-state index in [0.29, 0.717) is 49.8 Å². The number of carboxylic acids is 1. The lowest BCUT2D eigenvalue weighted by atomic mass is 9.88. The van der Waals surface area contributed by atoms with Crippen LogP contribution in [0.1, 0.15) is 37.8 Å². The molecule has 0 spiro atoms. The zero-order chi connectivity index (χ0) is 27.8. The van der Waals surface area contributed by atoms with Gasteiger partial charge in [0.05, 0.1) is 28.8 Å². The van der Waals surface area contributed by atoms with Crippen LogP contribution in [0.15, 0.2) is 82.7 Å². The highest BCUT2D eigenvalue weighted by Gasteiger charge is 2.26. The number of benzene rings is 3. The average molecular weight is 549 g/mol. The van der Waals surface area contributed by atoms with Crippen LogP contribution in [0.2, 0.25) is 0 Å². The smallest absolute Gasteiger partial charge is 0.309 e. The van der Waals surface area contributed by atoms with Crippen molar-refractivity contribution < 1.29 is 24.2 Å². The van der Waals surface area contributed by atoms with Crippen LogP contribution in [0.4, 0.5) is 0 Å². The van der Waals surface area contributed by atoms with Crippen molar-refractivity contribution in [1.29, 1.82) is 0 Å². The number of carbonyl (C=O) groups is 1. The Kier molecular flexibility index (Phi) is 9.03. The Bertz CT molecular complexity index is 1490. The van der Waals surface area contributed by atoms with E-state index in [2.05, 4.69) is 5.16 Å². The van der Waals surface area contributed by atoms with Gasteiger partial charge < -0.3 is 19.4 Å². The van der Waals surface area contributed by atoms with Crippen molar-refractivity contribution in [1.82, 2.24) is 4.57 Å². The number of hydrogen-bond acceptors (Lipinski definition) is 7. The molecule has 3 aromatic carbocycles. The minimum absolute atomic E-state index is 0.0504. The van der Waals surface area contributed by atoms with Crippen LogP contribution in [0.25, 0.3) is 10.2 Å². The highest BCUT2D eigenvalue weighted by Crippen LogP contribution is 2.24. The van der Waals surface area contributed by atoms with Crippen LogP contribution >= 0.6 is 11.3 Å². The van der Waals surface area contributed by atoms with Gasteiger partial charge in [0.25, 0.3) is 0 Å². The summed E-state index contributed by atoms with van der Waals surface area (Å²) in [7, 11) is 1.52. The third-order valence-corrected chi connectivity index (χ3v) is 7.31. The standard InChI is InChI=1S/C30H32N2O6S/c1-30(2,28(33)34)16-7-18-37-23-11-13-24(14-12-23)38-19-17-32-25-15-10-22(20-26(25)39-29(32)35)27(31-36-3)21-8-5-4-6-9-21/h4-6,8-15,20H,7,16-19H2,1-3H3,(H,33,34)/b31-27+. The highest BCUT2D eigenvalue weighted by molar-refractivity contribution is 7.16. The maximum Gasteiger partial charge on any atom is 0.309 e. The summed E-state index contributed by atoms with van der Waals surface area (Å²) in [5.41, 5.74) is 2.58. The first kappa shape index (κ1) is 27.9. The number of oxime groups is 1. The second-order valence-electron chi connectivity index (χ2n) is 9.65. The first-order chi connectivity index (χ1) is 18.8. The van der Waals surface area contributed by atoms with Crippen LogP contribution < -0.4 is 14.3 Å². The van der Waals surface area contributed by atoms with Crippen molar-refractivity contribution in [3.05, 3.63) is 93.6 Å². The minimum Gasteiger partial charge on any atom is -0.494 e. The molecule has 0 amide bonds. The van der Waals surface area contributed by atoms with Gasteiger partial charge in [-0.3, -0.25) is 14.2 Å². The number of hydrogen-bond donors (Lipinski definition) is 1. The molecule has 8 nitrogen and oxygen atoms in total. The lowest BCUT2D eigenvalue weighted by Gasteiger charge is -2.18. The Labute approximate surface area is 231 Å². The van der Waals surface area contributed by atoms with Crippen LogP contribution in [0.5, 0.6) is 11.5 Å². The molecule has 39 heavy (non-hydrogen) atoms. The van der Waals surface area contributed by atoms with Gasteiger partial charge in [0.15, 0.2) is 0 Å². The quantitative estimate of drug-likeness (QED) is 0.129. The second kappa shape index (κ2) is 12.6. The van der Waals surface area contributed by atoms with E-state index in [0.717, 1.165) is 21.3 Å². The van der Waals surface area contributed by atoms with Crippen molar-refractivity contribution in [3.8, 4) is 11.5 Å². The van der Waals surface area contributed by atoms with Gasteiger partial charge in [-0.25, -0.2) is 0 Å². The molecule has 0 bridgehead atoms. The van der Waals surface area contributed by atoms with Gasteiger partial charge in [-0.05, 0) is 63.1 Å². The fraction of sp³-hybridized carbons (Fsp3) is 0.300. The molecule has 0 aliphatic carbocycles. The van der Waals surface area contributed by atoms with Crippen molar-refractivity contribution in [2.45, 2.75) is 33.2 Å². The lowest BCUT2D eigenvalue weighted by Crippen LogP contribution is -2.24. The summed E-state index contributed by atoms with van der Waals surface area (Å²) in [6, 6.07) is 22.9. The summed E-state index contributed by atoms with van der Waals surface area (Å²) in [5.74, 6) is 0.561. The van der Waals surface area contributed by atoms with Crippen LogP contribution in [-0.4, -0.2) is 41.7 Å². The molecule has 0 radical (unpaired) electrons. The van der Waals surface area contributed by atoms with Gasteiger partial charge in [0, 0.05) is 11.1 Å². The van der Waals surface area contributed by atoms with Crippen molar-refractivity contribution in [3.63, 3.8) is 0 Å². The third-order valence-electron chi connectivity index (χ3n) is 6.37. The first-order valence-electron chi connectivity index (χ1n) is 12.7. The molecule has 0 atom stereocenters. The zero-order valence-electron chi connectivity index (χ0n) is 22.3. The van der Waals surface area contributed by atoms with Gasteiger partial charge in [-0.15, -0.1) is 0 Å². The van der Waals surface area contributed by atoms with E-state index in [1.165, 1.54) is 18.4 Å². The number of rotatable bonds is 13. The topological polar surface area (TPSA) is 99.4 Å². The molecule has 0 unspecified atom stereocenters. The maximum atomic E-state index is 12.7. The molecule has 4 aromatic rings. The van der Waals surface area contributed by atoms with Crippen molar-refractivity contribution in [2.75, 3.05) is 20.3 Å². The summed E-state index contributed by atoms with van der Waals surface area (Å²) in [5, 5.41) is 13.4. The number of aliphatic carboxylic acids is 1. The van der Waals surface area contributed by atoms with Gasteiger partial charge in [-0.1, -0.05) is 52.9 Å². The highest BCUT2D eigenvalue weighted by atomic mass is 32.1. The Morgan fingerprint density at radius 1 is 0.949 bits per heavy atom. The number of ether oxygens (including phenoxy) is 2. The summed E-state index contributed by atoms with van der Waals surface area (Å²) in [6.07, 6.45) is 1.19. The van der Waals surface area contributed by atoms with E-state index in [-0.39, 0.29) is 4.87 Å². The van der Waals surface area contributed by atoms with Crippen molar-refractivity contribution in [2.24, 2.45) is 10.6 Å². The number of thiazole rings is 1. The summed E-state index contributed by atoms with van der Waals surface area (Å²) < 4.78 is 14.2. The van der Waals surface area contributed by atoms with E-state index < -0.39 is 11.4 Å². The van der Waals surface area contributed by atoms with Gasteiger partial charge in [0.2, 0.25) is 0 Å². The van der Waals surface area contributed by atoms with E-state index in [9.17, 15) is 14.7 Å². The molecule has 0 aliphatic rings.